The number of aryl methyl sites for hydroxylation is 1. The number of rotatable bonds is 6. The number of fused-ring (bicyclic) bond motifs is 1. The summed E-state index contributed by atoms with van der Waals surface area (Å²) >= 11 is 4.87. The molecule has 0 aliphatic carbocycles. The lowest BCUT2D eigenvalue weighted by molar-refractivity contribution is -0.121. The first-order valence-corrected chi connectivity index (χ1v) is 13.4. The van der Waals surface area contributed by atoms with Crippen molar-refractivity contribution < 1.29 is 9.53 Å². The lowest BCUT2D eigenvalue weighted by atomic mass is 10.0. The monoisotopic (exact) mass is 556 g/mol. The highest BCUT2D eigenvalue weighted by Crippen LogP contribution is 2.38. The Balaban J connectivity index is 1.52. The minimum Gasteiger partial charge on any atom is -0.488 e. The standard InChI is InChI=1S/C30H25BrN2O2S/c1-3-21-8-5-7-11-26(21)32-30-33(2)29(34)28(36-30)18-25-24-10-6-4-9-22(24)14-17-27(25)35-19-20-12-15-23(31)16-13-20/h4-18H,3,19H2,1-2H3/b28-18+,32-30?. The third-order valence-corrected chi connectivity index (χ3v) is 7.69. The highest BCUT2D eigenvalue weighted by Gasteiger charge is 2.31. The molecule has 0 atom stereocenters. The van der Waals surface area contributed by atoms with E-state index in [0.29, 0.717) is 16.7 Å². The zero-order valence-electron chi connectivity index (χ0n) is 20.1. The molecule has 180 valence electrons. The number of hydrogen-bond donors (Lipinski definition) is 0. The fourth-order valence-electron chi connectivity index (χ4n) is 4.10. The van der Waals surface area contributed by atoms with Gasteiger partial charge in [-0.1, -0.05) is 83.5 Å². The van der Waals surface area contributed by atoms with Crippen LogP contribution in [0.1, 0.15) is 23.6 Å². The summed E-state index contributed by atoms with van der Waals surface area (Å²) in [6, 6.07) is 28.3. The molecule has 1 amide bonds. The second-order valence-corrected chi connectivity index (χ2v) is 10.4. The van der Waals surface area contributed by atoms with Gasteiger partial charge in [-0.15, -0.1) is 0 Å². The number of para-hydroxylation sites is 1. The molecule has 6 heteroatoms. The fraction of sp³-hybridized carbons (Fsp3) is 0.133. The molecule has 0 N–H and O–H groups in total. The average Bonchev–Trinajstić information content (AvgIpc) is 3.17. The number of nitrogens with zero attached hydrogens (tertiary/aromatic N) is 2. The molecule has 0 spiro atoms. The molecule has 0 radical (unpaired) electrons. The number of amidine groups is 1. The zero-order valence-corrected chi connectivity index (χ0v) is 22.5. The lowest BCUT2D eigenvalue weighted by Crippen LogP contribution is -2.23. The molecule has 4 nitrogen and oxygen atoms in total. The van der Waals surface area contributed by atoms with Gasteiger partial charge in [0.25, 0.3) is 5.91 Å². The molecule has 0 unspecified atom stereocenters. The van der Waals surface area contributed by atoms with Crippen LogP contribution in [0, 0.1) is 0 Å². The van der Waals surface area contributed by atoms with Crippen molar-refractivity contribution in [2.24, 2.45) is 4.99 Å². The van der Waals surface area contributed by atoms with Crippen LogP contribution in [-0.4, -0.2) is 23.0 Å². The molecule has 1 heterocycles. The first kappa shape index (κ1) is 24.3. The van der Waals surface area contributed by atoms with Gasteiger partial charge in [-0.05, 0) is 70.4 Å². The van der Waals surface area contributed by atoms with Gasteiger partial charge in [0.05, 0.1) is 10.6 Å². The van der Waals surface area contributed by atoms with Gasteiger partial charge in [-0.3, -0.25) is 9.69 Å². The van der Waals surface area contributed by atoms with Crippen LogP contribution < -0.4 is 4.74 Å². The minimum absolute atomic E-state index is 0.0699. The Morgan fingerprint density at radius 3 is 2.53 bits per heavy atom. The Kier molecular flexibility index (Phi) is 7.25. The molecule has 1 aliphatic rings. The number of amides is 1. The summed E-state index contributed by atoms with van der Waals surface area (Å²) in [6.07, 6.45) is 2.82. The van der Waals surface area contributed by atoms with Gasteiger partial charge in [-0.2, -0.15) is 0 Å². The van der Waals surface area contributed by atoms with Crippen molar-refractivity contribution >= 4 is 61.3 Å². The summed E-state index contributed by atoms with van der Waals surface area (Å²) in [5.41, 5.74) is 4.01. The van der Waals surface area contributed by atoms with E-state index < -0.39 is 0 Å². The van der Waals surface area contributed by atoms with E-state index in [4.69, 9.17) is 9.73 Å². The highest BCUT2D eigenvalue weighted by molar-refractivity contribution is 9.10. The molecule has 36 heavy (non-hydrogen) atoms. The van der Waals surface area contributed by atoms with E-state index in [2.05, 4.69) is 47.1 Å². The van der Waals surface area contributed by atoms with Gasteiger partial charge in [0.1, 0.15) is 12.4 Å². The van der Waals surface area contributed by atoms with E-state index in [1.54, 1.807) is 11.9 Å². The average molecular weight is 558 g/mol. The van der Waals surface area contributed by atoms with Crippen LogP contribution in [0.15, 0.2) is 99.3 Å². The quantitative estimate of drug-likeness (QED) is 0.226. The van der Waals surface area contributed by atoms with Gasteiger partial charge in [0, 0.05) is 17.1 Å². The van der Waals surface area contributed by atoms with Crippen molar-refractivity contribution in [3.8, 4) is 5.75 Å². The summed E-state index contributed by atoms with van der Waals surface area (Å²) in [5, 5.41) is 2.80. The molecule has 0 aromatic heterocycles. The zero-order chi connectivity index (χ0) is 25.1. The second kappa shape index (κ2) is 10.7. The molecular weight excluding hydrogens is 532 g/mol. The number of thioether (sulfide) groups is 1. The van der Waals surface area contributed by atoms with E-state index in [1.807, 2.05) is 66.7 Å². The topological polar surface area (TPSA) is 41.9 Å². The predicted octanol–water partition coefficient (Wildman–Crippen LogP) is 7.98. The molecule has 0 bridgehead atoms. The van der Waals surface area contributed by atoms with E-state index in [0.717, 1.165) is 49.8 Å². The maximum atomic E-state index is 13.2. The normalized spacial score (nSPS) is 15.9. The van der Waals surface area contributed by atoms with E-state index in [1.165, 1.54) is 11.8 Å². The van der Waals surface area contributed by atoms with Crippen LogP contribution in [0.2, 0.25) is 0 Å². The van der Waals surface area contributed by atoms with E-state index in [-0.39, 0.29) is 5.91 Å². The van der Waals surface area contributed by atoms with Crippen LogP contribution in [0.3, 0.4) is 0 Å². The molecule has 4 aromatic carbocycles. The van der Waals surface area contributed by atoms with Crippen LogP contribution in [0.4, 0.5) is 5.69 Å². The predicted molar refractivity (Wildman–Crippen MR) is 154 cm³/mol. The van der Waals surface area contributed by atoms with Crippen LogP contribution >= 0.6 is 27.7 Å². The number of halogens is 1. The maximum absolute atomic E-state index is 13.2. The molecular formula is C30H25BrN2O2S. The fourth-order valence-corrected chi connectivity index (χ4v) is 5.32. The number of benzene rings is 4. The first-order chi connectivity index (χ1) is 17.5. The van der Waals surface area contributed by atoms with Crippen LogP contribution in [0.5, 0.6) is 5.75 Å². The Bertz CT molecular complexity index is 1490. The summed E-state index contributed by atoms with van der Waals surface area (Å²) in [7, 11) is 1.78. The second-order valence-electron chi connectivity index (χ2n) is 8.47. The number of hydrogen-bond acceptors (Lipinski definition) is 4. The Morgan fingerprint density at radius 1 is 0.972 bits per heavy atom. The van der Waals surface area contributed by atoms with Gasteiger partial charge in [-0.25, -0.2) is 4.99 Å². The smallest absolute Gasteiger partial charge is 0.266 e. The van der Waals surface area contributed by atoms with Crippen molar-refractivity contribution in [2.45, 2.75) is 20.0 Å². The number of carbonyl (C=O) groups excluding carboxylic acids is 1. The Morgan fingerprint density at radius 2 is 1.72 bits per heavy atom. The van der Waals surface area contributed by atoms with Gasteiger partial charge in [0.2, 0.25) is 0 Å². The summed E-state index contributed by atoms with van der Waals surface area (Å²) in [5.74, 6) is 0.668. The minimum atomic E-state index is -0.0699. The highest BCUT2D eigenvalue weighted by atomic mass is 79.9. The van der Waals surface area contributed by atoms with Crippen molar-refractivity contribution in [1.82, 2.24) is 4.90 Å². The number of ether oxygens (including phenoxy) is 1. The Labute approximate surface area is 223 Å². The van der Waals surface area contributed by atoms with E-state index in [9.17, 15) is 4.79 Å². The van der Waals surface area contributed by atoms with Crippen molar-refractivity contribution in [1.29, 1.82) is 0 Å². The van der Waals surface area contributed by atoms with Crippen molar-refractivity contribution in [3.63, 3.8) is 0 Å². The van der Waals surface area contributed by atoms with Gasteiger partial charge < -0.3 is 4.74 Å². The summed E-state index contributed by atoms with van der Waals surface area (Å²) in [4.78, 5) is 20.3. The van der Waals surface area contributed by atoms with Gasteiger partial charge in [0.15, 0.2) is 5.17 Å². The number of aliphatic imine (C=N–C) groups is 1. The van der Waals surface area contributed by atoms with Crippen molar-refractivity contribution in [2.75, 3.05) is 7.05 Å². The van der Waals surface area contributed by atoms with Crippen LogP contribution in [0.25, 0.3) is 16.8 Å². The third-order valence-electron chi connectivity index (χ3n) is 6.11. The molecule has 5 rings (SSSR count). The number of likely N-dealkylation sites (N-methyl/N-ethyl adjacent to an activating group) is 1. The van der Waals surface area contributed by atoms with Gasteiger partial charge >= 0.3 is 0 Å². The lowest BCUT2D eigenvalue weighted by Gasteiger charge is -2.13. The van der Waals surface area contributed by atoms with E-state index >= 15 is 0 Å². The summed E-state index contributed by atoms with van der Waals surface area (Å²) < 4.78 is 7.30. The van der Waals surface area contributed by atoms with Crippen LogP contribution in [-0.2, 0) is 17.8 Å². The largest absolute Gasteiger partial charge is 0.488 e. The Hall–Kier alpha value is -3.35. The molecule has 1 fully saturated rings. The molecule has 1 saturated heterocycles. The summed E-state index contributed by atoms with van der Waals surface area (Å²) in [6.45, 7) is 2.54. The third kappa shape index (κ3) is 5.11. The molecule has 4 aromatic rings. The molecule has 1 aliphatic heterocycles. The van der Waals surface area contributed by atoms with Crippen molar-refractivity contribution in [3.05, 3.63) is 111 Å². The molecule has 0 saturated carbocycles. The maximum Gasteiger partial charge on any atom is 0.266 e. The first-order valence-electron chi connectivity index (χ1n) is 11.8. The number of carbonyl (C=O) groups is 1. The SMILES string of the molecule is CCc1ccccc1N=C1S/C(=C/c2c(OCc3ccc(Br)cc3)ccc3ccccc23)C(=O)N1C.